The van der Waals surface area contributed by atoms with Crippen LogP contribution in [0.5, 0.6) is 5.75 Å². The molecule has 104 valence electrons. The second-order valence-electron chi connectivity index (χ2n) is 4.78. The predicted octanol–water partition coefficient (Wildman–Crippen LogP) is 1.76. The van der Waals surface area contributed by atoms with E-state index in [2.05, 4.69) is 10.6 Å². The van der Waals surface area contributed by atoms with Crippen molar-refractivity contribution < 1.29 is 13.9 Å². The molecule has 5 heteroatoms. The highest BCUT2D eigenvalue weighted by Gasteiger charge is 2.22. The molecule has 0 aromatic heterocycles. The summed E-state index contributed by atoms with van der Waals surface area (Å²) in [7, 11) is 1.53. The molecule has 1 aromatic carbocycles. The van der Waals surface area contributed by atoms with Gasteiger partial charge in [-0.3, -0.25) is 4.79 Å². The van der Waals surface area contributed by atoms with Crippen molar-refractivity contribution in [2.75, 3.05) is 13.7 Å². The Labute approximate surface area is 112 Å². The SMILES string of the molecule is COc1cccc(F)c1C(C)NC1CCC(=O)NC1. The number of piperidine rings is 1. The third kappa shape index (κ3) is 3.23. The molecule has 2 rings (SSSR count). The first-order chi connectivity index (χ1) is 9.11. The summed E-state index contributed by atoms with van der Waals surface area (Å²) in [5.41, 5.74) is 0.530. The first kappa shape index (κ1) is 13.8. The lowest BCUT2D eigenvalue weighted by atomic mass is 10.0. The highest BCUT2D eigenvalue weighted by atomic mass is 19.1. The minimum absolute atomic E-state index is 0.0779. The van der Waals surface area contributed by atoms with E-state index in [1.165, 1.54) is 13.2 Å². The van der Waals surface area contributed by atoms with Gasteiger partial charge in [0.25, 0.3) is 0 Å². The Morgan fingerprint density at radius 1 is 1.53 bits per heavy atom. The molecule has 1 fully saturated rings. The Hall–Kier alpha value is -1.62. The van der Waals surface area contributed by atoms with Crippen LogP contribution in [0, 0.1) is 5.82 Å². The van der Waals surface area contributed by atoms with Crippen LogP contribution in [0.25, 0.3) is 0 Å². The maximum Gasteiger partial charge on any atom is 0.220 e. The molecule has 1 aliphatic rings. The van der Waals surface area contributed by atoms with Crippen molar-refractivity contribution in [3.8, 4) is 5.75 Å². The number of carbonyl (C=O) groups excluding carboxylic acids is 1. The van der Waals surface area contributed by atoms with Crippen molar-refractivity contribution in [2.45, 2.75) is 31.8 Å². The van der Waals surface area contributed by atoms with Gasteiger partial charge in [-0.05, 0) is 25.5 Å². The third-order valence-corrected chi connectivity index (χ3v) is 3.42. The Balaban J connectivity index is 2.07. The molecule has 19 heavy (non-hydrogen) atoms. The van der Waals surface area contributed by atoms with Gasteiger partial charge in [-0.1, -0.05) is 6.07 Å². The summed E-state index contributed by atoms with van der Waals surface area (Å²) in [4.78, 5) is 11.1. The monoisotopic (exact) mass is 266 g/mol. The Kier molecular flexibility index (Phi) is 4.37. The molecule has 2 N–H and O–H groups in total. The molecule has 0 spiro atoms. The average Bonchev–Trinajstić information content (AvgIpc) is 2.40. The molecule has 2 atom stereocenters. The molecule has 1 heterocycles. The van der Waals surface area contributed by atoms with Gasteiger partial charge < -0.3 is 15.4 Å². The highest BCUT2D eigenvalue weighted by molar-refractivity contribution is 5.76. The number of methoxy groups -OCH3 is 1. The van der Waals surface area contributed by atoms with Gasteiger partial charge in [0.05, 0.1) is 7.11 Å². The Morgan fingerprint density at radius 2 is 2.32 bits per heavy atom. The largest absolute Gasteiger partial charge is 0.496 e. The molecular weight excluding hydrogens is 247 g/mol. The van der Waals surface area contributed by atoms with Crippen molar-refractivity contribution in [2.24, 2.45) is 0 Å². The van der Waals surface area contributed by atoms with Gasteiger partial charge in [-0.15, -0.1) is 0 Å². The molecule has 0 radical (unpaired) electrons. The molecule has 0 bridgehead atoms. The summed E-state index contributed by atoms with van der Waals surface area (Å²) in [6, 6.07) is 4.80. The second-order valence-corrected chi connectivity index (χ2v) is 4.78. The molecular formula is C14H19FN2O2. The van der Waals surface area contributed by atoms with Crippen LogP contribution in [0.2, 0.25) is 0 Å². The lowest BCUT2D eigenvalue weighted by Gasteiger charge is -2.28. The number of ether oxygens (including phenoxy) is 1. The van der Waals surface area contributed by atoms with Crippen LogP contribution in [-0.2, 0) is 4.79 Å². The van der Waals surface area contributed by atoms with E-state index in [1.807, 2.05) is 6.92 Å². The molecule has 1 aromatic rings. The van der Waals surface area contributed by atoms with E-state index in [1.54, 1.807) is 12.1 Å². The minimum atomic E-state index is -0.279. The topological polar surface area (TPSA) is 50.4 Å². The van der Waals surface area contributed by atoms with Crippen molar-refractivity contribution in [1.82, 2.24) is 10.6 Å². The molecule has 2 unspecified atom stereocenters. The molecule has 1 amide bonds. The van der Waals surface area contributed by atoms with Crippen molar-refractivity contribution in [3.05, 3.63) is 29.6 Å². The number of hydrogen-bond donors (Lipinski definition) is 2. The van der Waals surface area contributed by atoms with E-state index < -0.39 is 0 Å². The maximum absolute atomic E-state index is 13.9. The second kappa shape index (κ2) is 6.02. The number of rotatable bonds is 4. The van der Waals surface area contributed by atoms with E-state index in [0.29, 0.717) is 24.3 Å². The van der Waals surface area contributed by atoms with E-state index in [4.69, 9.17) is 4.74 Å². The fourth-order valence-corrected chi connectivity index (χ4v) is 2.43. The molecule has 0 aliphatic carbocycles. The van der Waals surface area contributed by atoms with Crippen molar-refractivity contribution >= 4 is 5.91 Å². The summed E-state index contributed by atoms with van der Waals surface area (Å²) >= 11 is 0. The van der Waals surface area contributed by atoms with Crippen molar-refractivity contribution in [3.63, 3.8) is 0 Å². The van der Waals surface area contributed by atoms with Crippen LogP contribution in [0.4, 0.5) is 4.39 Å². The number of benzene rings is 1. The smallest absolute Gasteiger partial charge is 0.220 e. The normalized spacial score (nSPS) is 20.8. The number of nitrogens with one attached hydrogen (secondary N) is 2. The Morgan fingerprint density at radius 3 is 2.95 bits per heavy atom. The van der Waals surface area contributed by atoms with Crippen LogP contribution < -0.4 is 15.4 Å². The predicted molar refractivity (Wildman–Crippen MR) is 70.5 cm³/mol. The maximum atomic E-state index is 13.9. The van der Waals surface area contributed by atoms with E-state index in [0.717, 1.165) is 6.42 Å². The van der Waals surface area contributed by atoms with Crippen molar-refractivity contribution in [1.29, 1.82) is 0 Å². The standard InChI is InChI=1S/C14H19FN2O2/c1-9(17-10-6-7-13(18)16-8-10)14-11(15)4-3-5-12(14)19-2/h3-5,9-10,17H,6-8H2,1-2H3,(H,16,18). The van der Waals surface area contributed by atoms with Gasteiger partial charge in [0.15, 0.2) is 0 Å². The zero-order valence-corrected chi connectivity index (χ0v) is 11.2. The lowest BCUT2D eigenvalue weighted by molar-refractivity contribution is -0.122. The molecule has 1 aliphatic heterocycles. The molecule has 4 nitrogen and oxygen atoms in total. The third-order valence-electron chi connectivity index (χ3n) is 3.42. The quantitative estimate of drug-likeness (QED) is 0.873. The van der Waals surface area contributed by atoms with Gasteiger partial charge in [0.1, 0.15) is 11.6 Å². The van der Waals surface area contributed by atoms with E-state index in [-0.39, 0.29) is 23.8 Å². The number of halogens is 1. The van der Waals surface area contributed by atoms with Gasteiger partial charge in [0, 0.05) is 30.6 Å². The van der Waals surface area contributed by atoms with Gasteiger partial charge in [0.2, 0.25) is 5.91 Å². The number of carbonyl (C=O) groups is 1. The lowest BCUT2D eigenvalue weighted by Crippen LogP contribution is -2.46. The van der Waals surface area contributed by atoms with Crippen LogP contribution in [-0.4, -0.2) is 25.6 Å². The molecule has 1 saturated heterocycles. The first-order valence-corrected chi connectivity index (χ1v) is 6.47. The van der Waals surface area contributed by atoms with Gasteiger partial charge in [-0.2, -0.15) is 0 Å². The first-order valence-electron chi connectivity index (χ1n) is 6.47. The van der Waals surface area contributed by atoms with Gasteiger partial charge in [-0.25, -0.2) is 4.39 Å². The van der Waals surface area contributed by atoms with Crippen LogP contribution >= 0.6 is 0 Å². The highest BCUT2D eigenvalue weighted by Crippen LogP contribution is 2.28. The summed E-state index contributed by atoms with van der Waals surface area (Å²) in [5, 5.41) is 6.14. The Bertz CT molecular complexity index is 455. The van der Waals surface area contributed by atoms with E-state index >= 15 is 0 Å². The zero-order chi connectivity index (χ0) is 13.8. The van der Waals surface area contributed by atoms with Crippen LogP contribution in [0.3, 0.4) is 0 Å². The fourth-order valence-electron chi connectivity index (χ4n) is 2.43. The van der Waals surface area contributed by atoms with Gasteiger partial charge >= 0.3 is 0 Å². The summed E-state index contributed by atoms with van der Waals surface area (Å²) in [6.07, 6.45) is 1.28. The number of hydrogen-bond acceptors (Lipinski definition) is 3. The summed E-state index contributed by atoms with van der Waals surface area (Å²) in [6.45, 7) is 2.48. The zero-order valence-electron chi connectivity index (χ0n) is 11.2. The summed E-state index contributed by atoms with van der Waals surface area (Å²) in [5.74, 6) is 0.341. The fraction of sp³-hybridized carbons (Fsp3) is 0.500. The molecule has 0 saturated carbocycles. The van der Waals surface area contributed by atoms with E-state index in [9.17, 15) is 9.18 Å². The average molecular weight is 266 g/mol. The summed E-state index contributed by atoms with van der Waals surface area (Å²) < 4.78 is 19.1. The van der Waals surface area contributed by atoms with Crippen LogP contribution in [0.15, 0.2) is 18.2 Å². The minimum Gasteiger partial charge on any atom is -0.496 e. The van der Waals surface area contributed by atoms with Crippen LogP contribution in [0.1, 0.15) is 31.4 Å². The number of amides is 1.